The van der Waals surface area contributed by atoms with Crippen molar-refractivity contribution in [2.45, 2.75) is 51.1 Å². The van der Waals surface area contributed by atoms with Crippen LogP contribution >= 0.6 is 0 Å². The quantitative estimate of drug-likeness (QED) is 0.805. The molecule has 1 atom stereocenters. The molecule has 1 aromatic carbocycles. The maximum Gasteiger partial charge on any atom is 0.123 e. The van der Waals surface area contributed by atoms with Crippen molar-refractivity contribution in [1.29, 1.82) is 5.26 Å². The van der Waals surface area contributed by atoms with Crippen LogP contribution in [0.1, 0.15) is 49.3 Å². The van der Waals surface area contributed by atoms with E-state index in [9.17, 15) is 5.26 Å². The molecule has 0 N–H and O–H groups in total. The lowest BCUT2D eigenvalue weighted by Gasteiger charge is -2.34. The Kier molecular flexibility index (Phi) is 4.38. The Bertz CT molecular complexity index is 410. The van der Waals surface area contributed by atoms with E-state index < -0.39 is 0 Å². The Morgan fingerprint density at radius 3 is 2.33 bits per heavy atom. The maximum atomic E-state index is 9.46. The van der Waals surface area contributed by atoms with Gasteiger partial charge < -0.3 is 0 Å². The van der Waals surface area contributed by atoms with Gasteiger partial charge in [0.25, 0.3) is 0 Å². The highest BCUT2D eigenvalue weighted by atomic mass is 15.2. The molecule has 2 rings (SSSR count). The topological polar surface area (TPSA) is 27.0 Å². The highest BCUT2D eigenvalue weighted by Crippen LogP contribution is 2.28. The van der Waals surface area contributed by atoms with Crippen LogP contribution in [0.3, 0.4) is 0 Å². The van der Waals surface area contributed by atoms with E-state index in [0.717, 1.165) is 5.56 Å². The van der Waals surface area contributed by atoms with Gasteiger partial charge >= 0.3 is 0 Å². The number of aryl methyl sites for hydroxylation is 1. The lowest BCUT2D eigenvalue weighted by atomic mass is 9.92. The van der Waals surface area contributed by atoms with Gasteiger partial charge in [0.05, 0.1) is 6.07 Å². The molecule has 0 aromatic heterocycles. The fourth-order valence-corrected chi connectivity index (χ4v) is 2.85. The van der Waals surface area contributed by atoms with E-state index in [-0.39, 0.29) is 6.04 Å². The fourth-order valence-electron chi connectivity index (χ4n) is 2.85. The van der Waals surface area contributed by atoms with Gasteiger partial charge in [-0.2, -0.15) is 5.26 Å². The maximum absolute atomic E-state index is 9.46. The van der Waals surface area contributed by atoms with Crippen molar-refractivity contribution in [3.05, 3.63) is 35.4 Å². The van der Waals surface area contributed by atoms with Gasteiger partial charge in [0.15, 0.2) is 0 Å². The molecule has 0 aliphatic heterocycles. The lowest BCUT2D eigenvalue weighted by molar-refractivity contribution is 0.164. The van der Waals surface area contributed by atoms with Crippen LogP contribution in [-0.2, 0) is 0 Å². The summed E-state index contributed by atoms with van der Waals surface area (Å²) in [6.07, 6.45) is 6.44. The minimum Gasteiger partial charge on any atom is -0.284 e. The summed E-state index contributed by atoms with van der Waals surface area (Å²) in [6.45, 7) is 2.08. The van der Waals surface area contributed by atoms with Crippen LogP contribution in [0.15, 0.2) is 24.3 Å². The molecule has 0 heterocycles. The summed E-state index contributed by atoms with van der Waals surface area (Å²) in [6, 6.07) is 11.3. The molecule has 1 saturated carbocycles. The van der Waals surface area contributed by atoms with E-state index in [1.165, 1.54) is 37.7 Å². The van der Waals surface area contributed by atoms with Gasteiger partial charge in [0, 0.05) is 6.04 Å². The fraction of sp³-hybridized carbons (Fsp3) is 0.562. The molecule has 0 amide bonds. The molecule has 0 spiro atoms. The highest BCUT2D eigenvalue weighted by molar-refractivity contribution is 5.27. The zero-order valence-corrected chi connectivity index (χ0v) is 11.4. The van der Waals surface area contributed by atoms with Crippen LogP contribution in [0.4, 0.5) is 0 Å². The van der Waals surface area contributed by atoms with Crippen molar-refractivity contribution >= 4 is 0 Å². The number of hydrogen-bond donors (Lipinski definition) is 0. The van der Waals surface area contributed by atoms with Gasteiger partial charge in [-0.3, -0.25) is 4.90 Å². The van der Waals surface area contributed by atoms with Gasteiger partial charge in [-0.05, 0) is 32.4 Å². The second-order valence-electron chi connectivity index (χ2n) is 5.40. The Morgan fingerprint density at radius 2 is 1.78 bits per heavy atom. The average molecular weight is 242 g/mol. The van der Waals surface area contributed by atoms with Crippen LogP contribution in [0, 0.1) is 18.3 Å². The number of benzene rings is 1. The zero-order chi connectivity index (χ0) is 13.0. The largest absolute Gasteiger partial charge is 0.284 e. The Balaban J connectivity index is 2.12. The summed E-state index contributed by atoms with van der Waals surface area (Å²) in [7, 11) is 2.10. The van der Waals surface area contributed by atoms with Crippen molar-refractivity contribution in [2.24, 2.45) is 0 Å². The van der Waals surface area contributed by atoms with Gasteiger partial charge in [0.1, 0.15) is 6.04 Å². The molecule has 1 aliphatic rings. The van der Waals surface area contributed by atoms with E-state index in [1.54, 1.807) is 0 Å². The first-order valence-electron chi connectivity index (χ1n) is 6.90. The average Bonchev–Trinajstić information content (AvgIpc) is 2.42. The van der Waals surface area contributed by atoms with Crippen molar-refractivity contribution in [2.75, 3.05) is 7.05 Å². The van der Waals surface area contributed by atoms with E-state index in [1.807, 2.05) is 0 Å². The third kappa shape index (κ3) is 2.91. The molecule has 1 aromatic rings. The molecule has 0 saturated heterocycles. The summed E-state index contributed by atoms with van der Waals surface area (Å²) in [5.74, 6) is 0. The third-order valence-corrected chi connectivity index (χ3v) is 4.07. The summed E-state index contributed by atoms with van der Waals surface area (Å²) < 4.78 is 0. The number of nitrogens with zero attached hydrogens (tertiary/aromatic N) is 2. The second-order valence-corrected chi connectivity index (χ2v) is 5.40. The van der Waals surface area contributed by atoms with Crippen LogP contribution in [-0.4, -0.2) is 18.0 Å². The van der Waals surface area contributed by atoms with E-state index in [4.69, 9.17) is 0 Å². The van der Waals surface area contributed by atoms with Crippen LogP contribution in [0.5, 0.6) is 0 Å². The molecule has 96 valence electrons. The van der Waals surface area contributed by atoms with E-state index in [2.05, 4.69) is 49.2 Å². The van der Waals surface area contributed by atoms with E-state index in [0.29, 0.717) is 6.04 Å². The first-order valence-corrected chi connectivity index (χ1v) is 6.90. The lowest BCUT2D eigenvalue weighted by Crippen LogP contribution is -2.36. The van der Waals surface area contributed by atoms with Crippen molar-refractivity contribution in [1.82, 2.24) is 4.90 Å². The van der Waals surface area contributed by atoms with Crippen LogP contribution < -0.4 is 0 Å². The predicted octanol–water partition coefficient (Wildman–Crippen LogP) is 3.82. The molecular weight excluding hydrogens is 220 g/mol. The molecule has 2 nitrogen and oxygen atoms in total. The molecule has 2 heteroatoms. The van der Waals surface area contributed by atoms with Gasteiger partial charge in [-0.15, -0.1) is 0 Å². The van der Waals surface area contributed by atoms with Gasteiger partial charge in [0.2, 0.25) is 0 Å². The summed E-state index contributed by atoms with van der Waals surface area (Å²) in [5, 5.41) is 9.46. The Hall–Kier alpha value is -1.33. The molecule has 1 aliphatic carbocycles. The summed E-state index contributed by atoms with van der Waals surface area (Å²) >= 11 is 0. The molecule has 1 unspecified atom stereocenters. The zero-order valence-electron chi connectivity index (χ0n) is 11.4. The predicted molar refractivity (Wildman–Crippen MR) is 74.2 cm³/mol. The molecule has 18 heavy (non-hydrogen) atoms. The summed E-state index contributed by atoms with van der Waals surface area (Å²) in [5.41, 5.74) is 2.37. The molecule has 1 fully saturated rings. The van der Waals surface area contributed by atoms with Gasteiger partial charge in [-0.1, -0.05) is 49.1 Å². The van der Waals surface area contributed by atoms with E-state index >= 15 is 0 Å². The summed E-state index contributed by atoms with van der Waals surface area (Å²) in [4.78, 5) is 2.27. The normalized spacial score (nSPS) is 18.6. The first kappa shape index (κ1) is 13.1. The number of nitriles is 1. The first-order chi connectivity index (χ1) is 8.72. The Morgan fingerprint density at radius 1 is 1.17 bits per heavy atom. The second kappa shape index (κ2) is 6.02. The molecule has 0 bridgehead atoms. The van der Waals surface area contributed by atoms with Gasteiger partial charge in [-0.25, -0.2) is 0 Å². The third-order valence-electron chi connectivity index (χ3n) is 4.07. The smallest absolute Gasteiger partial charge is 0.123 e. The number of rotatable bonds is 3. The Labute approximate surface area is 110 Å². The minimum atomic E-state index is -0.103. The molecule has 0 radical (unpaired) electrons. The van der Waals surface area contributed by atoms with Crippen molar-refractivity contribution < 1.29 is 0 Å². The monoisotopic (exact) mass is 242 g/mol. The minimum absolute atomic E-state index is 0.103. The van der Waals surface area contributed by atoms with Crippen LogP contribution in [0.25, 0.3) is 0 Å². The van der Waals surface area contributed by atoms with Crippen LogP contribution in [0.2, 0.25) is 0 Å². The number of hydrogen-bond acceptors (Lipinski definition) is 2. The standard InChI is InChI=1S/C16H22N2/c1-13-8-10-14(11-9-13)16(12-17)18(2)15-6-4-3-5-7-15/h8-11,15-16H,3-7H2,1-2H3. The SMILES string of the molecule is Cc1ccc(C(C#N)N(C)C2CCCCC2)cc1. The van der Waals surface area contributed by atoms with Crippen molar-refractivity contribution in [3.63, 3.8) is 0 Å². The van der Waals surface area contributed by atoms with Crippen molar-refractivity contribution in [3.8, 4) is 6.07 Å². The highest BCUT2D eigenvalue weighted by Gasteiger charge is 2.25. The molecular formula is C16H22N2.